The number of methoxy groups -OCH3 is 1. The van der Waals surface area contributed by atoms with Gasteiger partial charge in [0, 0.05) is 32.9 Å². The molecule has 0 fully saturated rings. The van der Waals surface area contributed by atoms with Crippen LogP contribution in [0.5, 0.6) is 5.75 Å². The van der Waals surface area contributed by atoms with Gasteiger partial charge in [0.05, 0.1) is 6.10 Å². The van der Waals surface area contributed by atoms with Crippen LogP contribution in [0.3, 0.4) is 0 Å². The lowest BCUT2D eigenvalue weighted by atomic mass is 10.2. The van der Waals surface area contributed by atoms with Gasteiger partial charge >= 0.3 is 0 Å². The molecule has 1 aromatic carbocycles. The fourth-order valence-corrected chi connectivity index (χ4v) is 1.36. The molecule has 0 aliphatic rings. The summed E-state index contributed by atoms with van der Waals surface area (Å²) in [5.74, 6) is 0.272. The molecule has 3 N–H and O–H groups in total. The average Bonchev–Trinajstić information content (AvgIpc) is 2.26. The second-order valence-electron chi connectivity index (χ2n) is 3.49. The second-order valence-corrected chi connectivity index (χ2v) is 3.49. The molecule has 4 nitrogen and oxygen atoms in total. The van der Waals surface area contributed by atoms with Gasteiger partial charge in [-0.1, -0.05) is 0 Å². The summed E-state index contributed by atoms with van der Waals surface area (Å²) in [5.41, 5.74) is 6.57. The molecule has 0 aliphatic heterocycles. The van der Waals surface area contributed by atoms with E-state index in [0.717, 1.165) is 12.2 Å². The van der Waals surface area contributed by atoms with Crippen molar-refractivity contribution in [2.45, 2.75) is 6.10 Å². The quantitative estimate of drug-likeness (QED) is 0.754. The Morgan fingerprint density at radius 1 is 1.40 bits per heavy atom. The van der Waals surface area contributed by atoms with Gasteiger partial charge in [0.1, 0.15) is 5.75 Å². The van der Waals surface area contributed by atoms with Gasteiger partial charge in [0.2, 0.25) is 0 Å². The van der Waals surface area contributed by atoms with E-state index in [1.54, 1.807) is 19.2 Å². The van der Waals surface area contributed by atoms with Gasteiger partial charge in [-0.15, -0.1) is 0 Å². The van der Waals surface area contributed by atoms with Crippen LogP contribution in [0.25, 0.3) is 0 Å². The largest absolute Gasteiger partial charge is 0.508 e. The smallest absolute Gasteiger partial charge is 0.115 e. The number of nitrogens with two attached hydrogens (primary N) is 1. The van der Waals surface area contributed by atoms with Gasteiger partial charge in [-0.25, -0.2) is 0 Å². The van der Waals surface area contributed by atoms with E-state index < -0.39 is 0 Å². The van der Waals surface area contributed by atoms with Crippen molar-refractivity contribution in [1.29, 1.82) is 0 Å². The minimum absolute atomic E-state index is 0.0313. The van der Waals surface area contributed by atoms with Crippen molar-refractivity contribution in [3.05, 3.63) is 24.3 Å². The van der Waals surface area contributed by atoms with Gasteiger partial charge in [0.25, 0.3) is 0 Å². The molecule has 0 bridgehead atoms. The molecule has 0 spiro atoms. The molecule has 0 radical (unpaired) electrons. The van der Waals surface area contributed by atoms with Gasteiger partial charge in [0.15, 0.2) is 0 Å². The molecule has 0 saturated carbocycles. The van der Waals surface area contributed by atoms with E-state index in [4.69, 9.17) is 15.6 Å². The molecule has 0 saturated heterocycles. The molecule has 0 aliphatic carbocycles. The van der Waals surface area contributed by atoms with E-state index in [1.165, 1.54) is 0 Å². The average molecular weight is 210 g/mol. The van der Waals surface area contributed by atoms with Crippen molar-refractivity contribution in [2.24, 2.45) is 5.73 Å². The Kier molecular flexibility index (Phi) is 4.39. The van der Waals surface area contributed by atoms with Crippen LogP contribution in [0.2, 0.25) is 0 Å². The zero-order chi connectivity index (χ0) is 11.3. The number of benzene rings is 1. The second kappa shape index (κ2) is 5.58. The Hall–Kier alpha value is -1.26. The summed E-state index contributed by atoms with van der Waals surface area (Å²) in [5, 5.41) is 9.15. The van der Waals surface area contributed by atoms with Crippen LogP contribution in [0.4, 0.5) is 5.69 Å². The maximum Gasteiger partial charge on any atom is 0.115 e. The highest BCUT2D eigenvalue weighted by Gasteiger charge is 2.09. The molecule has 1 unspecified atom stereocenters. The summed E-state index contributed by atoms with van der Waals surface area (Å²) >= 11 is 0. The number of anilines is 1. The maximum absolute atomic E-state index is 9.15. The molecule has 0 heterocycles. The molecule has 4 heteroatoms. The first-order valence-electron chi connectivity index (χ1n) is 4.90. The zero-order valence-corrected chi connectivity index (χ0v) is 9.18. The summed E-state index contributed by atoms with van der Waals surface area (Å²) < 4.78 is 5.20. The summed E-state index contributed by atoms with van der Waals surface area (Å²) in [6.45, 7) is 1.23. The normalized spacial score (nSPS) is 12.5. The number of hydrogen-bond donors (Lipinski definition) is 2. The van der Waals surface area contributed by atoms with E-state index >= 15 is 0 Å². The molecular weight excluding hydrogens is 192 g/mol. The molecular formula is C11H18N2O2. The SMILES string of the molecule is COC(CN)CN(C)c1ccc(O)cc1. The molecule has 15 heavy (non-hydrogen) atoms. The number of phenols is 1. The fourth-order valence-electron chi connectivity index (χ4n) is 1.36. The monoisotopic (exact) mass is 210 g/mol. The topological polar surface area (TPSA) is 58.7 Å². The molecule has 1 atom stereocenters. The first-order chi connectivity index (χ1) is 7.17. The Labute approximate surface area is 90.3 Å². The van der Waals surface area contributed by atoms with Gasteiger partial charge in [-0.3, -0.25) is 0 Å². The fraction of sp³-hybridized carbons (Fsp3) is 0.455. The van der Waals surface area contributed by atoms with Crippen molar-refractivity contribution in [3.63, 3.8) is 0 Å². The van der Waals surface area contributed by atoms with Crippen molar-refractivity contribution in [2.75, 3.05) is 32.1 Å². The van der Waals surface area contributed by atoms with Gasteiger partial charge < -0.3 is 20.5 Å². The Bertz CT molecular complexity index is 283. The van der Waals surface area contributed by atoms with E-state index in [9.17, 15) is 0 Å². The minimum atomic E-state index is 0.0313. The van der Waals surface area contributed by atoms with Crippen LogP contribution in [0.15, 0.2) is 24.3 Å². The van der Waals surface area contributed by atoms with Crippen molar-refractivity contribution in [3.8, 4) is 5.75 Å². The predicted molar refractivity (Wildman–Crippen MR) is 61.2 cm³/mol. The van der Waals surface area contributed by atoms with E-state index in [1.807, 2.05) is 24.1 Å². The highest BCUT2D eigenvalue weighted by Crippen LogP contribution is 2.17. The van der Waals surface area contributed by atoms with Crippen molar-refractivity contribution < 1.29 is 9.84 Å². The molecule has 84 valence electrons. The molecule has 1 rings (SSSR count). The van der Waals surface area contributed by atoms with Gasteiger partial charge in [-0.05, 0) is 24.3 Å². The first-order valence-corrected chi connectivity index (χ1v) is 4.90. The third-order valence-electron chi connectivity index (χ3n) is 2.36. The van der Waals surface area contributed by atoms with E-state index in [-0.39, 0.29) is 11.9 Å². The lowest BCUT2D eigenvalue weighted by Gasteiger charge is -2.24. The number of ether oxygens (including phenoxy) is 1. The number of rotatable bonds is 5. The van der Waals surface area contributed by atoms with Gasteiger partial charge in [-0.2, -0.15) is 0 Å². The summed E-state index contributed by atoms with van der Waals surface area (Å²) in [6, 6.07) is 7.04. The van der Waals surface area contributed by atoms with Crippen molar-refractivity contribution in [1.82, 2.24) is 0 Å². The summed E-state index contributed by atoms with van der Waals surface area (Å²) in [4.78, 5) is 2.04. The third kappa shape index (κ3) is 3.42. The first kappa shape index (κ1) is 11.8. The molecule has 0 aromatic heterocycles. The highest BCUT2D eigenvalue weighted by atomic mass is 16.5. The number of hydrogen-bond acceptors (Lipinski definition) is 4. The third-order valence-corrected chi connectivity index (χ3v) is 2.36. The Morgan fingerprint density at radius 3 is 2.47 bits per heavy atom. The summed E-state index contributed by atoms with van der Waals surface area (Å²) in [6.07, 6.45) is 0.0313. The van der Waals surface area contributed by atoms with Crippen LogP contribution in [-0.2, 0) is 4.74 Å². The minimum Gasteiger partial charge on any atom is -0.508 e. The number of phenolic OH excluding ortho intramolecular Hbond substituents is 1. The Balaban J connectivity index is 2.60. The van der Waals surface area contributed by atoms with Crippen LogP contribution < -0.4 is 10.6 Å². The Morgan fingerprint density at radius 2 is 2.00 bits per heavy atom. The number of likely N-dealkylation sites (N-methyl/N-ethyl adjacent to an activating group) is 1. The predicted octanol–water partition coefficient (Wildman–Crippen LogP) is 0.802. The zero-order valence-electron chi connectivity index (χ0n) is 9.18. The maximum atomic E-state index is 9.15. The van der Waals surface area contributed by atoms with E-state index in [2.05, 4.69) is 0 Å². The molecule has 0 amide bonds. The van der Waals surface area contributed by atoms with Crippen LogP contribution in [-0.4, -0.2) is 38.5 Å². The lowest BCUT2D eigenvalue weighted by molar-refractivity contribution is 0.115. The standard InChI is InChI=1S/C11H18N2O2/c1-13(8-11(7-12)15-2)9-3-5-10(14)6-4-9/h3-6,11,14H,7-8,12H2,1-2H3. The van der Waals surface area contributed by atoms with Crippen LogP contribution >= 0.6 is 0 Å². The van der Waals surface area contributed by atoms with E-state index in [0.29, 0.717) is 6.54 Å². The van der Waals surface area contributed by atoms with Crippen LogP contribution in [0.1, 0.15) is 0 Å². The number of aromatic hydroxyl groups is 1. The van der Waals surface area contributed by atoms with Crippen molar-refractivity contribution >= 4 is 5.69 Å². The molecule has 1 aromatic rings. The summed E-state index contributed by atoms with van der Waals surface area (Å²) in [7, 11) is 3.62. The number of nitrogens with zero attached hydrogens (tertiary/aromatic N) is 1. The lowest BCUT2D eigenvalue weighted by Crippen LogP contribution is -2.35. The van der Waals surface area contributed by atoms with Crippen LogP contribution in [0, 0.1) is 0 Å². The highest BCUT2D eigenvalue weighted by molar-refractivity contribution is 5.48.